The Hall–Kier alpha value is -3.16. The van der Waals surface area contributed by atoms with Gasteiger partial charge in [0.15, 0.2) is 0 Å². The van der Waals surface area contributed by atoms with Gasteiger partial charge in [0.05, 0.1) is 21.8 Å². The van der Waals surface area contributed by atoms with Gasteiger partial charge in [0.25, 0.3) is 0 Å². The number of ether oxygens (including phenoxy) is 1. The van der Waals surface area contributed by atoms with Crippen LogP contribution >= 0.6 is 11.3 Å². The van der Waals surface area contributed by atoms with Crippen LogP contribution in [0.25, 0.3) is 20.8 Å². The number of fused-ring (bicyclic) bond motifs is 1. The van der Waals surface area contributed by atoms with E-state index in [1.807, 2.05) is 54.6 Å². The van der Waals surface area contributed by atoms with Crippen molar-refractivity contribution in [3.05, 3.63) is 83.9 Å². The number of aromatic nitrogens is 1. The summed E-state index contributed by atoms with van der Waals surface area (Å²) in [5.41, 5.74) is 3.81. The summed E-state index contributed by atoms with van der Waals surface area (Å²) in [6.07, 6.45) is 0. The lowest BCUT2D eigenvalue weighted by Gasteiger charge is -2.07. The van der Waals surface area contributed by atoms with E-state index in [0.29, 0.717) is 12.2 Å². The third kappa shape index (κ3) is 3.37. The summed E-state index contributed by atoms with van der Waals surface area (Å²) in [7, 11) is 0. The Bertz CT molecular complexity index is 1010. The quantitative estimate of drug-likeness (QED) is 0.498. The zero-order chi connectivity index (χ0) is 17.1. The first-order chi connectivity index (χ1) is 12.3. The summed E-state index contributed by atoms with van der Waals surface area (Å²) in [4.78, 5) is 4.67. The summed E-state index contributed by atoms with van der Waals surface area (Å²) in [5.74, 6) is 0.814. The molecule has 25 heavy (non-hydrogen) atoms. The fourth-order valence-corrected chi connectivity index (χ4v) is 3.50. The van der Waals surface area contributed by atoms with E-state index in [1.165, 1.54) is 4.70 Å². The van der Waals surface area contributed by atoms with Gasteiger partial charge in [0.2, 0.25) is 0 Å². The van der Waals surface area contributed by atoms with Gasteiger partial charge in [-0.25, -0.2) is 4.98 Å². The van der Waals surface area contributed by atoms with Crippen molar-refractivity contribution in [2.24, 2.45) is 0 Å². The summed E-state index contributed by atoms with van der Waals surface area (Å²) in [6.45, 7) is 0.478. The van der Waals surface area contributed by atoms with Crippen LogP contribution in [0.5, 0.6) is 5.75 Å². The van der Waals surface area contributed by atoms with Crippen LogP contribution in [0.2, 0.25) is 0 Å². The van der Waals surface area contributed by atoms with E-state index in [-0.39, 0.29) is 0 Å². The van der Waals surface area contributed by atoms with Crippen LogP contribution in [0.4, 0.5) is 0 Å². The molecule has 0 fully saturated rings. The topological polar surface area (TPSA) is 45.9 Å². The van der Waals surface area contributed by atoms with Gasteiger partial charge in [0.1, 0.15) is 17.4 Å². The van der Waals surface area contributed by atoms with E-state index < -0.39 is 0 Å². The number of rotatable bonds is 4. The molecular formula is C21H14N2OS. The van der Waals surface area contributed by atoms with E-state index in [1.54, 1.807) is 23.5 Å². The maximum absolute atomic E-state index is 8.82. The molecule has 0 saturated carbocycles. The molecule has 4 aromatic rings. The van der Waals surface area contributed by atoms with Crippen LogP contribution < -0.4 is 4.74 Å². The molecule has 3 aromatic carbocycles. The molecule has 0 bridgehead atoms. The summed E-state index contributed by atoms with van der Waals surface area (Å²) in [6, 6.07) is 25.7. The normalized spacial score (nSPS) is 10.5. The Labute approximate surface area is 149 Å². The summed E-state index contributed by atoms with van der Waals surface area (Å²) < 4.78 is 7.01. The number of nitrogens with zero attached hydrogens (tertiary/aromatic N) is 2. The molecule has 0 spiro atoms. The highest BCUT2D eigenvalue weighted by molar-refractivity contribution is 7.21. The van der Waals surface area contributed by atoms with Crippen LogP contribution in [0, 0.1) is 11.3 Å². The molecule has 3 nitrogen and oxygen atoms in total. The van der Waals surface area contributed by atoms with Crippen LogP contribution in [0.1, 0.15) is 11.1 Å². The summed E-state index contributed by atoms with van der Waals surface area (Å²) >= 11 is 1.69. The molecule has 0 unspecified atom stereocenters. The SMILES string of the molecule is N#Cc1ccc(COc2ccc(-c3nc4ccccc4s3)cc2)cc1. The van der Waals surface area contributed by atoms with Crippen molar-refractivity contribution in [1.29, 1.82) is 5.26 Å². The average Bonchev–Trinajstić information content (AvgIpc) is 3.11. The van der Waals surface area contributed by atoms with E-state index in [2.05, 4.69) is 17.1 Å². The minimum atomic E-state index is 0.478. The molecule has 0 radical (unpaired) electrons. The second kappa shape index (κ2) is 6.76. The van der Waals surface area contributed by atoms with E-state index in [0.717, 1.165) is 27.4 Å². The van der Waals surface area contributed by atoms with Crippen molar-refractivity contribution in [3.8, 4) is 22.4 Å². The molecule has 0 amide bonds. The second-order valence-corrected chi connectivity index (χ2v) is 6.64. The molecule has 0 saturated heterocycles. The highest BCUT2D eigenvalue weighted by Gasteiger charge is 2.06. The Balaban J connectivity index is 1.47. The van der Waals surface area contributed by atoms with E-state index in [4.69, 9.17) is 10.00 Å². The minimum Gasteiger partial charge on any atom is -0.489 e. The van der Waals surface area contributed by atoms with Crippen LogP contribution in [0.3, 0.4) is 0 Å². The fraction of sp³-hybridized carbons (Fsp3) is 0.0476. The van der Waals surface area contributed by atoms with Gasteiger partial charge in [-0.3, -0.25) is 0 Å². The Morgan fingerprint density at radius 1 is 0.920 bits per heavy atom. The highest BCUT2D eigenvalue weighted by atomic mass is 32.1. The highest BCUT2D eigenvalue weighted by Crippen LogP contribution is 2.30. The zero-order valence-electron chi connectivity index (χ0n) is 13.3. The van der Waals surface area contributed by atoms with Crippen LogP contribution in [-0.4, -0.2) is 4.98 Å². The Morgan fingerprint density at radius 2 is 1.68 bits per heavy atom. The second-order valence-electron chi connectivity index (χ2n) is 5.61. The van der Waals surface area contributed by atoms with E-state index in [9.17, 15) is 0 Å². The van der Waals surface area contributed by atoms with Crippen molar-refractivity contribution in [2.45, 2.75) is 6.61 Å². The smallest absolute Gasteiger partial charge is 0.124 e. The first-order valence-electron chi connectivity index (χ1n) is 7.90. The lowest BCUT2D eigenvalue weighted by molar-refractivity contribution is 0.306. The standard InChI is InChI=1S/C21H14N2OS/c22-13-15-5-7-16(8-6-15)14-24-18-11-9-17(10-12-18)21-23-19-3-1-2-4-20(19)25-21/h1-12H,14H2. The number of hydrogen-bond donors (Lipinski definition) is 0. The van der Waals surface area contributed by atoms with Gasteiger partial charge >= 0.3 is 0 Å². The maximum atomic E-state index is 8.82. The first kappa shape index (κ1) is 15.4. The number of para-hydroxylation sites is 1. The lowest BCUT2D eigenvalue weighted by Crippen LogP contribution is -1.95. The van der Waals surface area contributed by atoms with Crippen LogP contribution in [0.15, 0.2) is 72.8 Å². The molecule has 0 N–H and O–H groups in total. The Kier molecular flexibility index (Phi) is 4.16. The maximum Gasteiger partial charge on any atom is 0.124 e. The van der Waals surface area contributed by atoms with Crippen molar-refractivity contribution >= 4 is 21.6 Å². The number of hydrogen-bond acceptors (Lipinski definition) is 4. The van der Waals surface area contributed by atoms with Crippen molar-refractivity contribution in [2.75, 3.05) is 0 Å². The molecule has 4 heteroatoms. The van der Waals surface area contributed by atoms with Gasteiger partial charge in [-0.1, -0.05) is 24.3 Å². The minimum absolute atomic E-state index is 0.478. The molecule has 120 valence electrons. The van der Waals surface area contributed by atoms with Gasteiger partial charge < -0.3 is 4.74 Å². The largest absolute Gasteiger partial charge is 0.489 e. The zero-order valence-corrected chi connectivity index (χ0v) is 14.2. The molecule has 0 aliphatic carbocycles. The van der Waals surface area contributed by atoms with Crippen LogP contribution in [-0.2, 0) is 6.61 Å². The van der Waals surface area contributed by atoms with Crippen molar-refractivity contribution < 1.29 is 4.74 Å². The lowest BCUT2D eigenvalue weighted by atomic mass is 10.1. The Morgan fingerprint density at radius 3 is 2.40 bits per heavy atom. The molecule has 0 aliphatic rings. The molecular weight excluding hydrogens is 328 g/mol. The van der Waals surface area contributed by atoms with Gasteiger partial charge in [-0.05, 0) is 54.1 Å². The van der Waals surface area contributed by atoms with E-state index >= 15 is 0 Å². The molecule has 1 aromatic heterocycles. The predicted molar refractivity (Wildman–Crippen MR) is 101 cm³/mol. The summed E-state index contributed by atoms with van der Waals surface area (Å²) in [5, 5.41) is 9.83. The third-order valence-electron chi connectivity index (χ3n) is 3.88. The monoisotopic (exact) mass is 342 g/mol. The molecule has 1 heterocycles. The molecule has 0 aliphatic heterocycles. The fourth-order valence-electron chi connectivity index (χ4n) is 2.53. The molecule has 4 rings (SSSR count). The van der Waals surface area contributed by atoms with Gasteiger partial charge in [0, 0.05) is 5.56 Å². The van der Waals surface area contributed by atoms with Crippen molar-refractivity contribution in [3.63, 3.8) is 0 Å². The number of benzene rings is 3. The predicted octanol–water partition coefficient (Wildman–Crippen LogP) is 5.41. The average molecular weight is 342 g/mol. The first-order valence-corrected chi connectivity index (χ1v) is 8.71. The molecule has 0 atom stereocenters. The number of thiazole rings is 1. The van der Waals surface area contributed by atoms with Crippen molar-refractivity contribution in [1.82, 2.24) is 4.98 Å². The number of nitriles is 1. The third-order valence-corrected chi connectivity index (χ3v) is 4.97. The van der Waals surface area contributed by atoms with Gasteiger partial charge in [-0.15, -0.1) is 11.3 Å². The van der Waals surface area contributed by atoms with Gasteiger partial charge in [-0.2, -0.15) is 5.26 Å².